The molecule has 0 bridgehead atoms. The molecule has 0 fully saturated rings. The smallest absolute Gasteiger partial charge is 0.272 e. The Hall–Kier alpha value is -0.770. The number of benzene rings is 1. The molecular formula is C11H9F3INO2S. The first-order valence-electron chi connectivity index (χ1n) is 5.19. The standard InChI is InChI=1S/C11H9F3INO2S/c12-11(13,14)10(15)6-7-16(8-10)19(17,18)9-4-2-1-3-5-9/h1-7H,8H2. The van der Waals surface area contributed by atoms with Crippen LogP contribution in [0.5, 0.6) is 0 Å². The molecule has 1 aromatic carbocycles. The summed E-state index contributed by atoms with van der Waals surface area (Å²) in [6.45, 7) is -0.645. The van der Waals surface area contributed by atoms with Crippen LogP contribution in [0.3, 0.4) is 0 Å². The molecule has 1 heterocycles. The first-order chi connectivity index (χ1) is 8.67. The lowest BCUT2D eigenvalue weighted by Gasteiger charge is -2.26. The second-order valence-electron chi connectivity index (χ2n) is 4.04. The Morgan fingerprint density at radius 1 is 1.21 bits per heavy atom. The van der Waals surface area contributed by atoms with Gasteiger partial charge in [-0.25, -0.2) is 8.42 Å². The molecule has 1 unspecified atom stereocenters. The largest absolute Gasteiger partial charge is 0.408 e. The monoisotopic (exact) mass is 403 g/mol. The van der Waals surface area contributed by atoms with Crippen LogP contribution in [0.4, 0.5) is 13.2 Å². The van der Waals surface area contributed by atoms with Gasteiger partial charge >= 0.3 is 6.18 Å². The Bertz CT molecular complexity index is 600. The van der Waals surface area contributed by atoms with Gasteiger partial charge in [0.15, 0.2) is 3.42 Å². The predicted octanol–water partition coefficient (Wildman–Crippen LogP) is 2.94. The van der Waals surface area contributed by atoms with Crippen molar-refractivity contribution in [2.24, 2.45) is 0 Å². The van der Waals surface area contributed by atoms with E-state index in [0.717, 1.165) is 16.6 Å². The van der Waals surface area contributed by atoms with Crippen molar-refractivity contribution in [1.82, 2.24) is 4.31 Å². The summed E-state index contributed by atoms with van der Waals surface area (Å²) in [5, 5.41) is 0. The molecule has 0 N–H and O–H groups in total. The highest BCUT2D eigenvalue weighted by Gasteiger charge is 2.55. The van der Waals surface area contributed by atoms with E-state index in [1.807, 2.05) is 0 Å². The molecular weight excluding hydrogens is 394 g/mol. The van der Waals surface area contributed by atoms with Gasteiger partial charge in [0.25, 0.3) is 10.0 Å². The predicted molar refractivity (Wildman–Crippen MR) is 72.3 cm³/mol. The SMILES string of the molecule is O=S(=O)(c1ccccc1)N1C=CC(I)(C(F)(F)F)C1. The number of hydrogen-bond acceptors (Lipinski definition) is 2. The lowest BCUT2D eigenvalue weighted by molar-refractivity contribution is -0.141. The summed E-state index contributed by atoms with van der Waals surface area (Å²) in [5.74, 6) is 0. The molecule has 0 saturated heterocycles. The van der Waals surface area contributed by atoms with Gasteiger partial charge in [0.05, 0.1) is 11.4 Å². The van der Waals surface area contributed by atoms with Gasteiger partial charge in [-0.2, -0.15) is 13.2 Å². The molecule has 0 saturated carbocycles. The Balaban J connectivity index is 2.31. The number of nitrogens with zero attached hydrogens (tertiary/aromatic N) is 1. The fraction of sp³-hybridized carbons (Fsp3) is 0.273. The minimum atomic E-state index is -4.50. The van der Waals surface area contributed by atoms with Crippen molar-refractivity contribution >= 4 is 32.6 Å². The van der Waals surface area contributed by atoms with Gasteiger partial charge in [-0.1, -0.05) is 40.8 Å². The Morgan fingerprint density at radius 3 is 2.26 bits per heavy atom. The topological polar surface area (TPSA) is 37.4 Å². The van der Waals surface area contributed by atoms with E-state index in [9.17, 15) is 21.6 Å². The van der Waals surface area contributed by atoms with Gasteiger partial charge < -0.3 is 0 Å². The van der Waals surface area contributed by atoms with Crippen molar-refractivity contribution in [3.63, 3.8) is 0 Å². The van der Waals surface area contributed by atoms with E-state index in [2.05, 4.69) is 0 Å². The van der Waals surface area contributed by atoms with E-state index in [1.54, 1.807) is 6.07 Å². The zero-order valence-corrected chi connectivity index (χ0v) is 12.4. The Kier molecular flexibility index (Phi) is 3.58. The summed E-state index contributed by atoms with van der Waals surface area (Å²) in [7, 11) is -3.93. The molecule has 8 heteroatoms. The molecule has 2 rings (SSSR count). The molecule has 1 aliphatic heterocycles. The fourth-order valence-electron chi connectivity index (χ4n) is 1.61. The van der Waals surface area contributed by atoms with Crippen molar-refractivity contribution in [3.8, 4) is 0 Å². The maximum Gasteiger partial charge on any atom is 0.408 e. The second-order valence-corrected chi connectivity index (χ2v) is 7.85. The molecule has 104 valence electrons. The number of alkyl halides is 4. The maximum absolute atomic E-state index is 12.8. The van der Waals surface area contributed by atoms with Gasteiger partial charge in [0.1, 0.15) is 0 Å². The molecule has 0 radical (unpaired) electrons. The van der Waals surface area contributed by atoms with Crippen molar-refractivity contribution < 1.29 is 21.6 Å². The molecule has 19 heavy (non-hydrogen) atoms. The van der Waals surface area contributed by atoms with Gasteiger partial charge in [-0.05, 0) is 18.2 Å². The molecule has 1 aromatic rings. The van der Waals surface area contributed by atoms with Crippen LogP contribution in [-0.4, -0.2) is 28.9 Å². The molecule has 0 aromatic heterocycles. The van der Waals surface area contributed by atoms with Crippen molar-refractivity contribution in [1.29, 1.82) is 0 Å². The minimum Gasteiger partial charge on any atom is -0.272 e. The summed E-state index contributed by atoms with van der Waals surface area (Å²) in [4.78, 5) is -0.0255. The van der Waals surface area contributed by atoms with Crippen molar-refractivity contribution in [2.45, 2.75) is 14.5 Å². The van der Waals surface area contributed by atoms with Crippen LogP contribution in [0.25, 0.3) is 0 Å². The Morgan fingerprint density at radius 2 is 1.79 bits per heavy atom. The zero-order chi connectivity index (χ0) is 14.3. The highest BCUT2D eigenvalue weighted by molar-refractivity contribution is 14.1. The van der Waals surface area contributed by atoms with Crippen LogP contribution in [-0.2, 0) is 10.0 Å². The molecule has 3 nitrogen and oxygen atoms in total. The van der Waals surface area contributed by atoms with Crippen LogP contribution < -0.4 is 0 Å². The number of rotatable bonds is 2. The van der Waals surface area contributed by atoms with Crippen molar-refractivity contribution in [3.05, 3.63) is 42.6 Å². The lowest BCUT2D eigenvalue weighted by atomic mass is 10.1. The van der Waals surface area contributed by atoms with Crippen LogP contribution in [0.1, 0.15) is 0 Å². The number of halogens is 4. The fourth-order valence-corrected chi connectivity index (χ4v) is 3.74. The third kappa shape index (κ3) is 2.60. The van der Waals surface area contributed by atoms with E-state index in [-0.39, 0.29) is 4.90 Å². The van der Waals surface area contributed by atoms with E-state index in [0.29, 0.717) is 0 Å². The highest BCUT2D eigenvalue weighted by Crippen LogP contribution is 2.44. The van der Waals surface area contributed by atoms with Gasteiger partial charge in [-0.3, -0.25) is 4.31 Å². The number of sulfonamides is 1. The molecule has 1 aliphatic rings. The zero-order valence-electron chi connectivity index (χ0n) is 9.43. The number of hydrogen-bond donors (Lipinski definition) is 0. The van der Waals surface area contributed by atoms with E-state index in [1.165, 1.54) is 46.9 Å². The van der Waals surface area contributed by atoms with Gasteiger partial charge in [0.2, 0.25) is 0 Å². The average molecular weight is 403 g/mol. The lowest BCUT2D eigenvalue weighted by Crippen LogP contribution is -2.43. The van der Waals surface area contributed by atoms with Crippen LogP contribution in [0, 0.1) is 0 Å². The van der Waals surface area contributed by atoms with E-state index in [4.69, 9.17) is 0 Å². The van der Waals surface area contributed by atoms with Crippen molar-refractivity contribution in [2.75, 3.05) is 6.54 Å². The normalized spacial score (nSPS) is 23.9. The summed E-state index contributed by atoms with van der Waals surface area (Å²) >= 11 is 1.23. The van der Waals surface area contributed by atoms with Gasteiger partial charge in [-0.15, -0.1) is 0 Å². The third-order valence-corrected chi connectivity index (χ3v) is 5.76. The summed E-state index contributed by atoms with van der Waals surface area (Å²) in [5.41, 5.74) is 0. The average Bonchev–Trinajstić information content (AvgIpc) is 2.74. The molecule has 0 amide bonds. The minimum absolute atomic E-state index is 0.0255. The van der Waals surface area contributed by atoms with Crippen LogP contribution in [0.2, 0.25) is 0 Å². The van der Waals surface area contributed by atoms with E-state index < -0.39 is 26.2 Å². The first-order valence-corrected chi connectivity index (χ1v) is 7.71. The first kappa shape index (κ1) is 14.6. The molecule has 0 spiro atoms. The summed E-state index contributed by atoms with van der Waals surface area (Å²) in [6, 6.07) is 7.38. The summed E-state index contributed by atoms with van der Waals surface area (Å²) in [6.07, 6.45) is -2.65. The Labute approximate surface area is 122 Å². The quantitative estimate of drug-likeness (QED) is 0.563. The third-order valence-electron chi connectivity index (χ3n) is 2.71. The van der Waals surface area contributed by atoms with E-state index >= 15 is 0 Å². The van der Waals surface area contributed by atoms with Crippen LogP contribution in [0.15, 0.2) is 47.5 Å². The van der Waals surface area contributed by atoms with Crippen LogP contribution >= 0.6 is 22.6 Å². The maximum atomic E-state index is 12.8. The highest BCUT2D eigenvalue weighted by atomic mass is 127. The molecule has 0 aliphatic carbocycles. The molecule has 1 atom stereocenters. The van der Waals surface area contributed by atoms with Gasteiger partial charge in [0, 0.05) is 6.20 Å². The summed E-state index contributed by atoms with van der Waals surface area (Å²) < 4.78 is 61.3. The second kappa shape index (κ2) is 4.65.